The van der Waals surface area contributed by atoms with E-state index in [4.69, 9.17) is 4.74 Å². The van der Waals surface area contributed by atoms with E-state index in [1.165, 1.54) is 0 Å². The summed E-state index contributed by atoms with van der Waals surface area (Å²) >= 11 is 0. The van der Waals surface area contributed by atoms with Crippen molar-refractivity contribution in [3.63, 3.8) is 0 Å². The van der Waals surface area contributed by atoms with E-state index in [1.807, 2.05) is 63.0 Å². The largest absolute Gasteiger partial charge is 0.477 e. The Morgan fingerprint density at radius 2 is 2.06 bits per heavy atom. The summed E-state index contributed by atoms with van der Waals surface area (Å²) in [5.41, 5.74) is 5.13. The van der Waals surface area contributed by atoms with Crippen LogP contribution in [0.4, 0.5) is 4.39 Å². The molecule has 3 heterocycles. The molecule has 0 saturated carbocycles. The minimum absolute atomic E-state index is 0.160. The van der Waals surface area contributed by atoms with E-state index in [0.717, 1.165) is 22.3 Å². The second-order valence-electron chi connectivity index (χ2n) is 8.66. The van der Waals surface area contributed by atoms with Gasteiger partial charge in [-0.2, -0.15) is 0 Å². The van der Waals surface area contributed by atoms with Crippen LogP contribution in [-0.2, 0) is 13.6 Å². The van der Waals surface area contributed by atoms with Crippen LogP contribution in [0.5, 0.6) is 5.88 Å². The number of aryl methyl sites for hydroxylation is 2. The first-order valence-electron chi connectivity index (χ1n) is 10.6. The molecule has 1 aliphatic heterocycles. The van der Waals surface area contributed by atoms with E-state index in [2.05, 4.69) is 4.98 Å². The number of halogens is 1. The van der Waals surface area contributed by atoms with Gasteiger partial charge in [0.05, 0.1) is 6.61 Å². The number of rotatable bonds is 6. The SMILES string of the molecule is Cc1cn(C)cc1C1=CCC(F)=C(CN2Cc3ccnc(OCC(C)C)c3C2=O)C=C1. The predicted octanol–water partition coefficient (Wildman–Crippen LogP) is 4.99. The lowest BCUT2D eigenvalue weighted by molar-refractivity contribution is 0.0788. The van der Waals surface area contributed by atoms with Crippen molar-refractivity contribution in [2.45, 2.75) is 33.7 Å². The van der Waals surface area contributed by atoms with Crippen LogP contribution in [0.1, 0.15) is 47.3 Å². The van der Waals surface area contributed by atoms with Gasteiger partial charge in [-0.3, -0.25) is 4.79 Å². The van der Waals surface area contributed by atoms with Crippen LogP contribution in [0, 0.1) is 12.8 Å². The standard InChI is InChI=1S/C25H28FN3O2/c1-16(2)15-31-24-23-20(9-10-27-24)13-29(25(23)30)12-19-6-5-18(7-8-22(19)26)21-14-28(4)11-17(21)3/h5-7,9-11,14,16H,8,12-13,15H2,1-4H3. The topological polar surface area (TPSA) is 47.4 Å². The highest BCUT2D eigenvalue weighted by atomic mass is 19.1. The number of fused-ring (bicyclic) bond motifs is 1. The number of pyridine rings is 1. The van der Waals surface area contributed by atoms with Crippen molar-refractivity contribution >= 4 is 11.5 Å². The van der Waals surface area contributed by atoms with Crippen LogP contribution in [0.25, 0.3) is 5.57 Å². The summed E-state index contributed by atoms with van der Waals surface area (Å²) in [6, 6.07) is 1.83. The average Bonchev–Trinajstić information content (AvgIpc) is 3.16. The molecule has 1 aliphatic carbocycles. The Kier molecular flexibility index (Phi) is 5.81. The molecule has 6 heteroatoms. The Morgan fingerprint density at radius 1 is 1.26 bits per heavy atom. The van der Waals surface area contributed by atoms with Gasteiger partial charge >= 0.3 is 0 Å². The lowest BCUT2D eigenvalue weighted by Crippen LogP contribution is -2.26. The van der Waals surface area contributed by atoms with Crippen molar-refractivity contribution in [3.05, 3.63) is 76.5 Å². The fourth-order valence-electron chi connectivity index (χ4n) is 4.00. The molecule has 162 valence electrons. The molecule has 0 unspecified atom stereocenters. The van der Waals surface area contributed by atoms with Gasteiger partial charge < -0.3 is 14.2 Å². The van der Waals surface area contributed by atoms with Gasteiger partial charge in [-0.25, -0.2) is 9.37 Å². The second kappa shape index (κ2) is 8.53. The van der Waals surface area contributed by atoms with E-state index in [9.17, 15) is 9.18 Å². The number of carbonyl (C=O) groups is 1. The van der Waals surface area contributed by atoms with Gasteiger partial charge in [-0.15, -0.1) is 0 Å². The summed E-state index contributed by atoms with van der Waals surface area (Å²) in [6.07, 6.45) is 11.6. The Bertz CT molecular complexity index is 1110. The molecule has 2 aromatic rings. The number of aromatic nitrogens is 2. The average molecular weight is 422 g/mol. The highest BCUT2D eigenvalue weighted by Crippen LogP contribution is 2.32. The van der Waals surface area contributed by atoms with Crippen molar-refractivity contribution in [1.29, 1.82) is 0 Å². The van der Waals surface area contributed by atoms with Gasteiger partial charge in [0.25, 0.3) is 5.91 Å². The van der Waals surface area contributed by atoms with E-state index in [0.29, 0.717) is 36.1 Å². The number of hydrogen-bond donors (Lipinski definition) is 0. The third kappa shape index (κ3) is 4.33. The predicted molar refractivity (Wildman–Crippen MR) is 119 cm³/mol. The first-order chi connectivity index (χ1) is 14.8. The van der Waals surface area contributed by atoms with Gasteiger partial charge in [-0.05, 0) is 35.6 Å². The molecule has 0 spiro atoms. The van der Waals surface area contributed by atoms with Crippen LogP contribution in [-0.4, -0.2) is 33.5 Å². The van der Waals surface area contributed by atoms with Crippen molar-refractivity contribution < 1.29 is 13.9 Å². The maximum atomic E-state index is 14.9. The highest BCUT2D eigenvalue weighted by Gasteiger charge is 2.32. The smallest absolute Gasteiger partial charge is 0.260 e. The van der Waals surface area contributed by atoms with Crippen LogP contribution in [0.3, 0.4) is 0 Å². The van der Waals surface area contributed by atoms with Crippen molar-refractivity contribution in [2.75, 3.05) is 13.2 Å². The molecule has 0 aromatic carbocycles. The molecule has 0 saturated heterocycles. The molecule has 2 aliphatic rings. The summed E-state index contributed by atoms with van der Waals surface area (Å²) in [5, 5.41) is 0. The van der Waals surface area contributed by atoms with Crippen LogP contribution < -0.4 is 4.74 Å². The summed E-state index contributed by atoms with van der Waals surface area (Å²) in [6.45, 7) is 7.28. The Labute approximate surface area is 182 Å². The van der Waals surface area contributed by atoms with Gasteiger partial charge in [0.2, 0.25) is 5.88 Å². The normalized spacial score (nSPS) is 16.1. The van der Waals surface area contributed by atoms with E-state index >= 15 is 0 Å². The molecular weight excluding hydrogens is 393 g/mol. The van der Waals surface area contributed by atoms with Gasteiger partial charge in [-0.1, -0.05) is 32.1 Å². The lowest BCUT2D eigenvalue weighted by Gasteiger charge is -2.17. The lowest BCUT2D eigenvalue weighted by atomic mass is 10.0. The summed E-state index contributed by atoms with van der Waals surface area (Å²) < 4.78 is 22.7. The highest BCUT2D eigenvalue weighted by molar-refractivity contribution is 6.00. The molecule has 4 rings (SSSR count). The van der Waals surface area contributed by atoms with Gasteiger partial charge in [0.1, 0.15) is 11.4 Å². The number of hydrogen-bond acceptors (Lipinski definition) is 3. The molecular formula is C25H28FN3O2. The number of ether oxygens (including phenoxy) is 1. The maximum Gasteiger partial charge on any atom is 0.260 e. The molecule has 0 bridgehead atoms. The maximum absolute atomic E-state index is 14.9. The zero-order chi connectivity index (χ0) is 22.1. The van der Waals surface area contributed by atoms with Crippen molar-refractivity contribution in [2.24, 2.45) is 13.0 Å². The molecule has 1 amide bonds. The fourth-order valence-corrected chi connectivity index (χ4v) is 4.00. The Morgan fingerprint density at radius 3 is 2.77 bits per heavy atom. The van der Waals surface area contributed by atoms with Crippen molar-refractivity contribution in [1.82, 2.24) is 14.5 Å². The number of nitrogens with zero attached hydrogens (tertiary/aromatic N) is 3. The minimum atomic E-state index is -0.210. The van der Waals surface area contributed by atoms with Crippen molar-refractivity contribution in [3.8, 4) is 5.88 Å². The molecule has 2 aromatic heterocycles. The third-order valence-corrected chi connectivity index (χ3v) is 5.56. The molecule has 5 nitrogen and oxygen atoms in total. The molecule has 0 atom stereocenters. The van der Waals surface area contributed by atoms with E-state index in [-0.39, 0.29) is 24.7 Å². The monoisotopic (exact) mass is 421 g/mol. The number of carbonyl (C=O) groups excluding carboxylic acids is 1. The summed E-state index contributed by atoms with van der Waals surface area (Å²) in [5.74, 6) is 0.327. The molecule has 0 fully saturated rings. The molecule has 31 heavy (non-hydrogen) atoms. The van der Waals surface area contributed by atoms with Gasteiger partial charge in [0.15, 0.2) is 0 Å². The number of amides is 1. The first kappa shape index (κ1) is 21.1. The first-order valence-corrected chi connectivity index (χ1v) is 10.6. The quantitative estimate of drug-likeness (QED) is 0.660. The van der Waals surface area contributed by atoms with Crippen LogP contribution >= 0.6 is 0 Å². The van der Waals surface area contributed by atoms with Crippen LogP contribution in [0.2, 0.25) is 0 Å². The Balaban J connectivity index is 1.52. The third-order valence-electron chi connectivity index (χ3n) is 5.56. The zero-order valence-corrected chi connectivity index (χ0v) is 18.5. The summed E-state index contributed by atoms with van der Waals surface area (Å²) in [4.78, 5) is 19.0. The van der Waals surface area contributed by atoms with E-state index in [1.54, 1.807) is 17.2 Å². The second-order valence-corrected chi connectivity index (χ2v) is 8.66. The Hall–Kier alpha value is -3.15. The minimum Gasteiger partial charge on any atom is -0.477 e. The fraction of sp³-hybridized carbons (Fsp3) is 0.360. The zero-order valence-electron chi connectivity index (χ0n) is 18.5. The summed E-state index contributed by atoms with van der Waals surface area (Å²) in [7, 11) is 1.98. The van der Waals surface area contributed by atoms with Gasteiger partial charge in [0, 0.05) is 56.3 Å². The number of allylic oxidation sites excluding steroid dienone is 4. The molecule has 0 N–H and O–H groups in total. The van der Waals surface area contributed by atoms with Crippen LogP contribution in [0.15, 0.2) is 54.3 Å². The van der Waals surface area contributed by atoms with E-state index < -0.39 is 0 Å². The molecule has 0 radical (unpaired) electrons.